The summed E-state index contributed by atoms with van der Waals surface area (Å²) in [6, 6.07) is 0. The third-order valence-corrected chi connectivity index (χ3v) is 3.59. The van der Waals surface area contributed by atoms with E-state index in [1.165, 1.54) is 58.3 Å². The van der Waals surface area contributed by atoms with Crippen molar-refractivity contribution in [2.24, 2.45) is 0 Å². The van der Waals surface area contributed by atoms with Gasteiger partial charge < -0.3 is 9.62 Å². The lowest BCUT2D eigenvalue weighted by molar-refractivity contribution is 0.320. The number of rotatable bonds is 2. The number of hydrogen-bond donors (Lipinski definition) is 0. The maximum Gasteiger partial charge on any atom is 0.307 e. The number of nitrogens with zero attached hydrogens (tertiary/aromatic N) is 2. The van der Waals surface area contributed by atoms with Gasteiger partial charge >= 0.3 is 6.98 Å². The molecule has 2 fully saturated rings. The summed E-state index contributed by atoms with van der Waals surface area (Å²) in [6.07, 6.45) is 7.11. The van der Waals surface area contributed by atoms with Crippen LogP contribution in [-0.2, 0) is 0 Å². The lowest BCUT2D eigenvalue weighted by Gasteiger charge is -2.35. The predicted molar refractivity (Wildman–Crippen MR) is 57.8 cm³/mol. The second-order valence-electron chi connectivity index (χ2n) is 4.47. The second kappa shape index (κ2) is 4.47. The minimum absolute atomic E-state index is 0.711. The third kappa shape index (κ3) is 2.26. The van der Waals surface area contributed by atoms with Crippen LogP contribution in [0.3, 0.4) is 0 Å². The first-order valence-corrected chi connectivity index (χ1v) is 5.86. The Balaban J connectivity index is 1.83. The van der Waals surface area contributed by atoms with Crippen LogP contribution < -0.4 is 0 Å². The molecule has 2 aliphatic rings. The van der Waals surface area contributed by atoms with Gasteiger partial charge in [-0.1, -0.05) is 13.2 Å². The zero-order valence-corrected chi connectivity index (χ0v) is 8.84. The molecule has 2 nitrogen and oxygen atoms in total. The van der Waals surface area contributed by atoms with Gasteiger partial charge in [0.25, 0.3) is 0 Å². The van der Waals surface area contributed by atoms with E-state index in [0.717, 1.165) is 0 Å². The molecular weight excluding hydrogens is 159 g/mol. The van der Waals surface area contributed by atoms with E-state index in [2.05, 4.69) is 16.4 Å². The Hall–Kier alpha value is -0.0151. The summed E-state index contributed by atoms with van der Waals surface area (Å²) in [5, 5.41) is 0. The van der Waals surface area contributed by atoms with Gasteiger partial charge in [0, 0.05) is 0 Å². The van der Waals surface area contributed by atoms with Gasteiger partial charge in [-0.05, 0) is 51.9 Å². The van der Waals surface area contributed by atoms with E-state index in [0.29, 0.717) is 6.98 Å². The minimum Gasteiger partial charge on any atom is -0.328 e. The highest BCUT2D eigenvalue weighted by molar-refractivity contribution is 6.51. The molecule has 0 amide bonds. The number of piperidine rings is 1. The first-order chi connectivity index (χ1) is 6.38. The van der Waals surface area contributed by atoms with Crippen LogP contribution in [0.2, 0.25) is 6.82 Å². The molecular formula is C10H21BN2. The molecule has 0 aromatic heterocycles. The molecule has 0 N–H and O–H groups in total. The van der Waals surface area contributed by atoms with Crippen LogP contribution in [0, 0.1) is 0 Å². The molecule has 0 atom stereocenters. The van der Waals surface area contributed by atoms with E-state index in [1.807, 2.05) is 0 Å². The second-order valence-corrected chi connectivity index (χ2v) is 4.47. The molecule has 0 unspecified atom stereocenters. The van der Waals surface area contributed by atoms with Crippen molar-refractivity contribution in [1.29, 1.82) is 0 Å². The van der Waals surface area contributed by atoms with Crippen molar-refractivity contribution in [3.05, 3.63) is 0 Å². The summed E-state index contributed by atoms with van der Waals surface area (Å²) >= 11 is 0. The van der Waals surface area contributed by atoms with Crippen LogP contribution in [0.1, 0.15) is 32.1 Å². The summed E-state index contributed by atoms with van der Waals surface area (Å²) in [4.78, 5) is 5.31. The molecule has 2 aliphatic heterocycles. The quantitative estimate of drug-likeness (QED) is 0.596. The maximum atomic E-state index is 2.66. The van der Waals surface area contributed by atoms with Gasteiger partial charge in [-0.15, -0.1) is 0 Å². The SMILES string of the molecule is CB(N1CCCCC1)N1CCCC1. The first-order valence-electron chi connectivity index (χ1n) is 5.86. The van der Waals surface area contributed by atoms with Crippen molar-refractivity contribution in [1.82, 2.24) is 9.62 Å². The van der Waals surface area contributed by atoms with Gasteiger partial charge in [-0.25, -0.2) is 0 Å². The normalized spacial score (nSPS) is 26.5. The van der Waals surface area contributed by atoms with Crippen molar-refractivity contribution in [3.63, 3.8) is 0 Å². The first kappa shape index (κ1) is 9.54. The summed E-state index contributed by atoms with van der Waals surface area (Å²) in [5.74, 6) is 0. The van der Waals surface area contributed by atoms with Gasteiger partial charge in [0.15, 0.2) is 0 Å². The molecule has 0 spiro atoms. The zero-order chi connectivity index (χ0) is 9.10. The van der Waals surface area contributed by atoms with Crippen molar-refractivity contribution >= 4 is 6.98 Å². The highest BCUT2D eigenvalue weighted by Crippen LogP contribution is 2.16. The number of hydrogen-bond acceptors (Lipinski definition) is 2. The summed E-state index contributed by atoms with van der Waals surface area (Å²) in [7, 11) is 0. The van der Waals surface area contributed by atoms with Crippen molar-refractivity contribution in [2.45, 2.75) is 38.9 Å². The van der Waals surface area contributed by atoms with Crippen molar-refractivity contribution < 1.29 is 0 Å². The summed E-state index contributed by atoms with van der Waals surface area (Å²) in [5.41, 5.74) is 0. The molecule has 2 rings (SSSR count). The Morgan fingerprint density at radius 3 is 1.54 bits per heavy atom. The van der Waals surface area contributed by atoms with Crippen molar-refractivity contribution in [2.75, 3.05) is 26.2 Å². The highest BCUT2D eigenvalue weighted by Gasteiger charge is 2.28. The van der Waals surface area contributed by atoms with E-state index in [1.54, 1.807) is 0 Å². The highest BCUT2D eigenvalue weighted by atomic mass is 15.2. The van der Waals surface area contributed by atoms with E-state index in [9.17, 15) is 0 Å². The maximum absolute atomic E-state index is 2.66. The molecule has 0 radical (unpaired) electrons. The Kier molecular flexibility index (Phi) is 3.28. The smallest absolute Gasteiger partial charge is 0.307 e. The lowest BCUT2D eigenvalue weighted by atomic mass is 9.73. The van der Waals surface area contributed by atoms with Gasteiger partial charge in [-0.2, -0.15) is 0 Å². The minimum atomic E-state index is 0.711. The fourth-order valence-corrected chi connectivity index (χ4v) is 2.64. The van der Waals surface area contributed by atoms with E-state index in [4.69, 9.17) is 0 Å². The molecule has 2 saturated heterocycles. The molecule has 0 aromatic carbocycles. The fraction of sp³-hybridized carbons (Fsp3) is 1.00. The zero-order valence-electron chi connectivity index (χ0n) is 8.84. The monoisotopic (exact) mass is 180 g/mol. The third-order valence-electron chi connectivity index (χ3n) is 3.59. The van der Waals surface area contributed by atoms with Gasteiger partial charge in [0.05, 0.1) is 0 Å². The van der Waals surface area contributed by atoms with E-state index in [-0.39, 0.29) is 0 Å². The summed E-state index contributed by atoms with van der Waals surface area (Å²) in [6.45, 7) is 8.42. The van der Waals surface area contributed by atoms with Crippen molar-refractivity contribution in [3.8, 4) is 0 Å². The van der Waals surface area contributed by atoms with Crippen LogP contribution >= 0.6 is 0 Å². The Morgan fingerprint density at radius 2 is 1.08 bits per heavy atom. The molecule has 3 heteroatoms. The Labute approximate surface area is 82.4 Å². The Bertz CT molecular complexity index is 151. The lowest BCUT2D eigenvalue weighted by Crippen LogP contribution is -2.51. The summed E-state index contributed by atoms with van der Waals surface area (Å²) < 4.78 is 0. The van der Waals surface area contributed by atoms with E-state index >= 15 is 0 Å². The van der Waals surface area contributed by atoms with Crippen LogP contribution in [-0.4, -0.2) is 42.8 Å². The van der Waals surface area contributed by atoms with Crippen LogP contribution in [0.5, 0.6) is 0 Å². The van der Waals surface area contributed by atoms with Gasteiger partial charge in [0.2, 0.25) is 0 Å². The molecule has 2 heterocycles. The standard InChI is InChI=1S/C10H21BN2/c1-11(13-9-5-6-10-13)12-7-3-2-4-8-12/h2-10H2,1H3. The molecule has 0 bridgehead atoms. The Morgan fingerprint density at radius 1 is 0.692 bits per heavy atom. The molecule has 0 aliphatic carbocycles. The molecule has 0 saturated carbocycles. The molecule has 13 heavy (non-hydrogen) atoms. The van der Waals surface area contributed by atoms with Crippen LogP contribution in [0.25, 0.3) is 0 Å². The predicted octanol–water partition coefficient (Wildman–Crippen LogP) is 1.69. The van der Waals surface area contributed by atoms with Crippen LogP contribution in [0.4, 0.5) is 0 Å². The topological polar surface area (TPSA) is 6.48 Å². The average Bonchev–Trinajstić information content (AvgIpc) is 2.71. The van der Waals surface area contributed by atoms with Gasteiger partial charge in [0.1, 0.15) is 0 Å². The van der Waals surface area contributed by atoms with Gasteiger partial charge in [-0.3, -0.25) is 0 Å². The molecule has 0 aromatic rings. The fourth-order valence-electron chi connectivity index (χ4n) is 2.64. The average molecular weight is 180 g/mol. The van der Waals surface area contributed by atoms with Crippen LogP contribution in [0.15, 0.2) is 0 Å². The largest absolute Gasteiger partial charge is 0.328 e. The van der Waals surface area contributed by atoms with E-state index < -0.39 is 0 Å². The molecule has 74 valence electrons.